The third-order valence-corrected chi connectivity index (χ3v) is 10.00. The van der Waals surface area contributed by atoms with Crippen LogP contribution in [0.25, 0.3) is 0 Å². The molecule has 1 spiro atoms. The lowest BCUT2D eigenvalue weighted by Crippen LogP contribution is -2.89. The van der Waals surface area contributed by atoms with Crippen LogP contribution in [0.3, 0.4) is 0 Å². The van der Waals surface area contributed by atoms with Crippen LogP contribution in [0.15, 0.2) is 12.7 Å². The van der Waals surface area contributed by atoms with Crippen LogP contribution in [0, 0.1) is 22.2 Å². The van der Waals surface area contributed by atoms with E-state index in [-0.39, 0.29) is 23.7 Å². The van der Waals surface area contributed by atoms with Crippen LogP contribution in [0.4, 0.5) is 4.79 Å². The first-order chi connectivity index (χ1) is 17.8. The summed E-state index contributed by atoms with van der Waals surface area (Å²) in [4.78, 5) is 29.7. The van der Waals surface area contributed by atoms with Crippen molar-refractivity contribution >= 4 is 11.9 Å². The SMILES string of the molecule is C=C[C@@]1(C)CC(=O)[C@@]23OC(N(C)C)O[C@H]4CCC(C)(C)[C@H]([C@H](O)[C@H](OC(=O)NCCC(C)(C)C)[C@@]2(C)O1)[C@]43C. The zero-order valence-corrected chi connectivity index (χ0v) is 25.6. The highest BCUT2D eigenvalue weighted by atomic mass is 16.7. The molecule has 2 aliphatic carbocycles. The first-order valence-electron chi connectivity index (χ1n) is 14.3. The molecule has 2 saturated heterocycles. The van der Waals surface area contributed by atoms with Crippen LogP contribution in [0.5, 0.6) is 0 Å². The second-order valence-electron chi connectivity index (χ2n) is 14.9. The normalized spacial score (nSPS) is 45.2. The van der Waals surface area contributed by atoms with E-state index in [0.29, 0.717) is 13.0 Å². The minimum Gasteiger partial charge on any atom is -0.440 e. The minimum atomic E-state index is -1.56. The summed E-state index contributed by atoms with van der Waals surface area (Å²) in [6, 6.07) is 0. The number of amides is 1. The summed E-state index contributed by atoms with van der Waals surface area (Å²) in [5, 5.41) is 15.0. The van der Waals surface area contributed by atoms with Gasteiger partial charge in [-0.3, -0.25) is 9.69 Å². The van der Waals surface area contributed by atoms with Gasteiger partial charge in [0.2, 0.25) is 6.41 Å². The molecule has 222 valence electrons. The molecule has 0 aromatic carbocycles. The zero-order valence-electron chi connectivity index (χ0n) is 25.6. The second-order valence-corrected chi connectivity index (χ2v) is 14.9. The summed E-state index contributed by atoms with van der Waals surface area (Å²) in [6.07, 6.45) is -0.316. The summed E-state index contributed by atoms with van der Waals surface area (Å²) < 4.78 is 26.2. The van der Waals surface area contributed by atoms with Gasteiger partial charge in [0.15, 0.2) is 17.5 Å². The van der Waals surface area contributed by atoms with Gasteiger partial charge in [0.1, 0.15) is 5.60 Å². The topological polar surface area (TPSA) is 107 Å². The highest BCUT2D eigenvalue weighted by molar-refractivity contribution is 5.93. The van der Waals surface area contributed by atoms with E-state index >= 15 is 0 Å². The van der Waals surface area contributed by atoms with Crippen molar-refractivity contribution in [3.8, 4) is 0 Å². The number of nitrogens with one attached hydrogen (secondary N) is 1. The largest absolute Gasteiger partial charge is 0.440 e. The van der Waals surface area contributed by atoms with Crippen molar-refractivity contribution in [2.45, 2.75) is 123 Å². The maximum absolute atomic E-state index is 14.6. The molecule has 9 heteroatoms. The van der Waals surface area contributed by atoms with E-state index in [1.165, 1.54) is 0 Å². The van der Waals surface area contributed by atoms with Crippen molar-refractivity contribution in [3.05, 3.63) is 12.7 Å². The smallest absolute Gasteiger partial charge is 0.407 e. The Morgan fingerprint density at radius 2 is 1.87 bits per heavy atom. The van der Waals surface area contributed by atoms with Crippen molar-refractivity contribution < 1.29 is 33.6 Å². The Hall–Kier alpha value is -1.52. The Morgan fingerprint density at radius 3 is 2.44 bits per heavy atom. The third-order valence-electron chi connectivity index (χ3n) is 10.00. The van der Waals surface area contributed by atoms with Crippen LogP contribution >= 0.6 is 0 Å². The van der Waals surface area contributed by atoms with Crippen LogP contribution in [-0.2, 0) is 23.7 Å². The van der Waals surface area contributed by atoms with Crippen LogP contribution in [0.1, 0.15) is 81.1 Å². The Labute approximate surface area is 233 Å². The summed E-state index contributed by atoms with van der Waals surface area (Å²) in [5.41, 5.74) is -5.48. The molecule has 4 rings (SSSR count). The fourth-order valence-electron chi connectivity index (χ4n) is 8.20. The quantitative estimate of drug-likeness (QED) is 0.495. The molecule has 2 aliphatic heterocycles. The maximum Gasteiger partial charge on any atom is 0.407 e. The highest BCUT2D eigenvalue weighted by Crippen LogP contribution is 2.70. The van der Waals surface area contributed by atoms with E-state index < -0.39 is 58.3 Å². The molecule has 0 aromatic rings. The van der Waals surface area contributed by atoms with E-state index in [2.05, 4.69) is 46.5 Å². The number of hydrogen-bond donors (Lipinski definition) is 2. The molecule has 1 amide bonds. The number of aliphatic hydroxyl groups excluding tert-OH is 1. The predicted octanol–water partition coefficient (Wildman–Crippen LogP) is 4.03. The first-order valence-corrected chi connectivity index (χ1v) is 14.3. The van der Waals surface area contributed by atoms with Crippen LogP contribution < -0.4 is 5.32 Å². The Bertz CT molecular complexity index is 1010. The number of ether oxygens (including phenoxy) is 4. The molecule has 2 heterocycles. The molecule has 2 N–H and O–H groups in total. The number of carbonyl (C=O) groups excluding carboxylic acids is 2. The van der Waals surface area contributed by atoms with Gasteiger partial charge in [0.05, 0.1) is 17.8 Å². The van der Waals surface area contributed by atoms with Crippen molar-refractivity contribution in [3.63, 3.8) is 0 Å². The van der Waals surface area contributed by atoms with E-state index in [1.807, 2.05) is 21.0 Å². The lowest BCUT2D eigenvalue weighted by molar-refractivity contribution is -0.456. The number of hydrogen-bond acceptors (Lipinski definition) is 8. The zero-order chi connectivity index (χ0) is 29.4. The van der Waals surface area contributed by atoms with Crippen molar-refractivity contribution in [1.82, 2.24) is 10.2 Å². The molecule has 2 saturated carbocycles. The standard InChI is InChI=1S/C30H50N2O7/c1-12-27(7)17-18(33)30-28(8)19(36-24(38-30)32(10)11)13-14-26(5,6)21(28)20(34)22(29(30,9)39-27)37-23(35)31-16-15-25(2,3)4/h12,19-22,24,34H,1,13-17H2,2-11H3,(H,31,35)/t19-,20-,21-,22-,24?,27-,28-,29+,30-/m0/s1. The van der Waals surface area contributed by atoms with Crippen LogP contribution in [-0.4, -0.2) is 84.1 Å². The molecular weight excluding hydrogens is 500 g/mol. The lowest BCUT2D eigenvalue weighted by Gasteiger charge is -2.74. The first kappa shape index (κ1) is 30.4. The van der Waals surface area contributed by atoms with Crippen molar-refractivity contribution in [2.75, 3.05) is 20.6 Å². The summed E-state index contributed by atoms with van der Waals surface area (Å²) in [7, 11) is 3.67. The number of nitrogens with zero attached hydrogens (tertiary/aromatic N) is 1. The van der Waals surface area contributed by atoms with E-state index in [9.17, 15) is 14.7 Å². The summed E-state index contributed by atoms with van der Waals surface area (Å²) >= 11 is 0. The van der Waals surface area contributed by atoms with Gasteiger partial charge in [-0.2, -0.15) is 0 Å². The van der Waals surface area contributed by atoms with Gasteiger partial charge in [-0.1, -0.05) is 47.6 Å². The Balaban J connectivity index is 1.88. The molecule has 9 nitrogen and oxygen atoms in total. The second kappa shape index (κ2) is 9.51. The average Bonchev–Trinajstić information content (AvgIpc) is 2.78. The van der Waals surface area contributed by atoms with E-state index in [1.54, 1.807) is 24.8 Å². The van der Waals surface area contributed by atoms with Gasteiger partial charge in [0, 0.05) is 24.3 Å². The highest BCUT2D eigenvalue weighted by Gasteiger charge is 2.84. The lowest BCUT2D eigenvalue weighted by atomic mass is 9.39. The van der Waals surface area contributed by atoms with Gasteiger partial charge >= 0.3 is 6.09 Å². The van der Waals surface area contributed by atoms with Crippen LogP contribution in [0.2, 0.25) is 0 Å². The third kappa shape index (κ3) is 4.47. The van der Waals surface area contributed by atoms with E-state index in [0.717, 1.165) is 12.8 Å². The predicted molar refractivity (Wildman–Crippen MR) is 147 cm³/mol. The van der Waals surface area contributed by atoms with E-state index in [4.69, 9.17) is 18.9 Å². The van der Waals surface area contributed by atoms with Gasteiger partial charge in [-0.25, -0.2) is 4.79 Å². The number of aliphatic hydroxyl groups is 1. The number of carbonyl (C=O) groups is 2. The van der Waals surface area contributed by atoms with Crippen molar-refractivity contribution in [1.29, 1.82) is 0 Å². The Morgan fingerprint density at radius 1 is 1.23 bits per heavy atom. The maximum atomic E-state index is 14.6. The number of alkyl carbamates (subject to hydrolysis) is 1. The number of rotatable bonds is 5. The number of ketones is 1. The Kier molecular flexibility index (Phi) is 7.42. The molecule has 4 fully saturated rings. The molecule has 0 bridgehead atoms. The summed E-state index contributed by atoms with van der Waals surface area (Å²) in [5.74, 6) is -0.634. The number of Topliss-reactive ketones (excluding diaryl/α,β-unsaturated/α-hetero) is 1. The molecule has 39 heavy (non-hydrogen) atoms. The molecule has 1 unspecified atom stereocenters. The average molecular weight is 551 g/mol. The molecule has 4 aliphatic rings. The van der Waals surface area contributed by atoms with Gasteiger partial charge in [0.25, 0.3) is 0 Å². The summed E-state index contributed by atoms with van der Waals surface area (Å²) in [6.45, 7) is 20.4. The minimum absolute atomic E-state index is 0.0262. The molecule has 9 atom stereocenters. The molecule has 0 radical (unpaired) electrons. The fourth-order valence-corrected chi connectivity index (χ4v) is 8.20. The van der Waals surface area contributed by atoms with Crippen molar-refractivity contribution in [2.24, 2.45) is 22.2 Å². The van der Waals surface area contributed by atoms with Gasteiger partial charge in [-0.05, 0) is 58.0 Å². The molecule has 0 aromatic heterocycles. The monoisotopic (exact) mass is 550 g/mol. The van der Waals surface area contributed by atoms with Gasteiger partial charge in [-0.15, -0.1) is 6.58 Å². The fraction of sp³-hybridized carbons (Fsp3) is 0.867. The molecular formula is C30H50N2O7. The van der Waals surface area contributed by atoms with Gasteiger partial charge < -0.3 is 29.4 Å².